The van der Waals surface area contributed by atoms with Crippen LogP contribution in [0.3, 0.4) is 0 Å². The van der Waals surface area contributed by atoms with E-state index in [1.807, 2.05) is 52.0 Å². The summed E-state index contributed by atoms with van der Waals surface area (Å²) in [4.78, 5) is 32.8. The first-order valence-electron chi connectivity index (χ1n) is 12.2. The quantitative estimate of drug-likeness (QED) is 0.331. The van der Waals surface area contributed by atoms with Gasteiger partial charge in [-0.3, -0.25) is 4.79 Å². The van der Waals surface area contributed by atoms with Gasteiger partial charge in [0.15, 0.2) is 6.61 Å². The van der Waals surface area contributed by atoms with Gasteiger partial charge in [0.1, 0.15) is 0 Å². The second kappa shape index (κ2) is 12.9. The van der Waals surface area contributed by atoms with Crippen LogP contribution in [0.5, 0.6) is 0 Å². The number of cyclic esters (lactones) is 1. The van der Waals surface area contributed by atoms with E-state index < -0.39 is 5.97 Å². The van der Waals surface area contributed by atoms with Gasteiger partial charge in [-0.05, 0) is 69.7 Å². The van der Waals surface area contributed by atoms with Gasteiger partial charge in [-0.15, -0.1) is 0 Å². The summed E-state index contributed by atoms with van der Waals surface area (Å²) < 4.78 is 11.2. The van der Waals surface area contributed by atoms with E-state index in [9.17, 15) is 9.59 Å². The van der Waals surface area contributed by atoms with Crippen molar-refractivity contribution in [3.8, 4) is 0 Å². The van der Waals surface area contributed by atoms with E-state index in [1.165, 1.54) is 0 Å². The van der Waals surface area contributed by atoms with Crippen molar-refractivity contribution in [3.05, 3.63) is 57.6 Å². The maximum Gasteiger partial charge on any atom is 0.338 e. The Kier molecular flexibility index (Phi) is 9.93. The zero-order chi connectivity index (χ0) is 25.4. The van der Waals surface area contributed by atoms with Crippen LogP contribution in [0.15, 0.2) is 35.5 Å². The van der Waals surface area contributed by atoms with Gasteiger partial charge < -0.3 is 19.2 Å². The fraction of sp³-hybridized carbons (Fsp3) is 0.519. The number of halogens is 1. The van der Waals surface area contributed by atoms with Crippen LogP contribution in [0.25, 0.3) is 0 Å². The van der Waals surface area contributed by atoms with Crippen LogP contribution in [-0.2, 0) is 25.5 Å². The first kappa shape index (κ1) is 27.0. The van der Waals surface area contributed by atoms with Crippen LogP contribution in [-0.4, -0.2) is 61.0 Å². The van der Waals surface area contributed by atoms with Crippen molar-refractivity contribution in [1.29, 1.82) is 0 Å². The van der Waals surface area contributed by atoms with Gasteiger partial charge in [0, 0.05) is 24.5 Å². The number of allylic oxidation sites excluding steroid dienone is 3. The monoisotopic (exact) mass is 502 g/mol. The average Bonchev–Trinajstić information content (AvgIpc) is 2.79. The van der Waals surface area contributed by atoms with Crippen molar-refractivity contribution in [3.63, 3.8) is 0 Å². The van der Waals surface area contributed by atoms with Crippen molar-refractivity contribution < 1.29 is 23.9 Å². The number of ether oxygens (including phenoxy) is 2. The highest BCUT2D eigenvalue weighted by molar-refractivity contribution is 6.33. The Morgan fingerprint density at radius 3 is 2.54 bits per heavy atom. The molecule has 190 valence electrons. The van der Waals surface area contributed by atoms with Crippen LogP contribution in [0.1, 0.15) is 60.2 Å². The second-order valence-corrected chi connectivity index (χ2v) is 9.52. The van der Waals surface area contributed by atoms with Gasteiger partial charge in [0.05, 0.1) is 30.1 Å². The number of oxime groups is 1. The molecular weight excluding hydrogens is 468 g/mol. The highest BCUT2D eigenvalue weighted by Gasteiger charge is 2.26. The van der Waals surface area contributed by atoms with Gasteiger partial charge in [0.25, 0.3) is 5.91 Å². The maximum atomic E-state index is 12.9. The number of morpholine rings is 1. The predicted molar refractivity (Wildman–Crippen MR) is 137 cm³/mol. The summed E-state index contributed by atoms with van der Waals surface area (Å²) in [6, 6.07) is 1.89. The molecular formula is C27H35ClN2O5. The molecule has 8 heteroatoms. The lowest BCUT2D eigenvalue weighted by atomic mass is 9.94. The normalized spacial score (nSPS) is 23.9. The summed E-state index contributed by atoms with van der Waals surface area (Å²) >= 11 is 6.67. The molecule has 1 amide bonds. The van der Waals surface area contributed by atoms with E-state index in [0.717, 1.165) is 24.0 Å². The molecule has 0 radical (unpaired) electrons. The molecule has 0 aliphatic carbocycles. The number of nitrogens with zero attached hydrogens (tertiary/aromatic N) is 2. The first-order chi connectivity index (χ1) is 16.8. The molecule has 2 aliphatic rings. The molecule has 1 saturated heterocycles. The summed E-state index contributed by atoms with van der Waals surface area (Å²) in [6.45, 7) is 8.86. The third-order valence-corrected chi connectivity index (χ3v) is 6.47. The van der Waals surface area contributed by atoms with Crippen LogP contribution in [0.2, 0.25) is 5.02 Å². The lowest BCUT2D eigenvalue weighted by molar-refractivity contribution is -0.147. The van der Waals surface area contributed by atoms with Crippen LogP contribution >= 0.6 is 11.6 Å². The van der Waals surface area contributed by atoms with Gasteiger partial charge in [-0.2, -0.15) is 0 Å². The molecule has 7 nitrogen and oxygen atoms in total. The summed E-state index contributed by atoms with van der Waals surface area (Å²) in [5, 5.41) is 4.78. The molecule has 0 aromatic heterocycles. The van der Waals surface area contributed by atoms with Gasteiger partial charge in [-0.25, -0.2) is 4.79 Å². The Morgan fingerprint density at radius 1 is 1.11 bits per heavy atom. The average molecular weight is 503 g/mol. The highest BCUT2D eigenvalue weighted by Crippen LogP contribution is 2.29. The van der Waals surface area contributed by atoms with E-state index >= 15 is 0 Å². The number of fused-ring (bicyclic) bond motifs is 1. The van der Waals surface area contributed by atoms with E-state index in [2.05, 4.69) is 11.2 Å². The van der Waals surface area contributed by atoms with Crippen molar-refractivity contribution in [2.75, 3.05) is 26.3 Å². The molecule has 0 saturated carbocycles. The number of amides is 1. The van der Waals surface area contributed by atoms with Gasteiger partial charge in [0.2, 0.25) is 0 Å². The lowest BCUT2D eigenvalue weighted by Crippen LogP contribution is -2.49. The molecule has 35 heavy (non-hydrogen) atoms. The highest BCUT2D eigenvalue weighted by atomic mass is 35.5. The minimum Gasteiger partial charge on any atom is -0.462 e. The standard InChI is InChI=1S/C27H35ClN2O5/c1-18-13-19(2)26(28)23-14-22(11-9-7-5-6-8-10-12-33-27(32)25(18)23)29-34-17-24(31)30-15-20(3)35-21(4)16-30/h6,8-9,11,13,20-21H,5,7,10,12,14-17H2,1-4H3/b8-6+,11-9?,29-22+. The molecule has 2 unspecified atom stereocenters. The third kappa shape index (κ3) is 7.67. The predicted octanol–water partition coefficient (Wildman–Crippen LogP) is 4.96. The van der Waals surface area contributed by atoms with Crippen molar-refractivity contribution in [2.24, 2.45) is 5.16 Å². The van der Waals surface area contributed by atoms with E-state index in [0.29, 0.717) is 48.0 Å². The van der Waals surface area contributed by atoms with E-state index in [1.54, 1.807) is 4.90 Å². The molecule has 1 aromatic rings. The van der Waals surface area contributed by atoms with Crippen LogP contribution < -0.4 is 0 Å². The third-order valence-electron chi connectivity index (χ3n) is 5.94. The topological polar surface area (TPSA) is 77.4 Å². The maximum absolute atomic E-state index is 12.9. The number of hydrogen-bond acceptors (Lipinski definition) is 6. The molecule has 0 N–H and O–H groups in total. The Bertz CT molecular complexity index is 1010. The fourth-order valence-electron chi connectivity index (χ4n) is 4.38. The number of benzene rings is 1. The minimum absolute atomic E-state index is 0.0181. The Morgan fingerprint density at radius 2 is 1.80 bits per heavy atom. The number of rotatable bonds is 3. The van der Waals surface area contributed by atoms with Crippen LogP contribution in [0, 0.1) is 13.8 Å². The molecule has 0 bridgehead atoms. The largest absolute Gasteiger partial charge is 0.462 e. The zero-order valence-corrected chi connectivity index (χ0v) is 21.8. The second-order valence-electron chi connectivity index (χ2n) is 9.14. The zero-order valence-electron chi connectivity index (χ0n) is 21.0. The SMILES string of the molecule is Cc1cc(C)c2c(c1Cl)C/C(=N/OCC(=O)N1CC(C)OC(C)C1)C=CCC/C=C/CCOC2=O. The Hall–Kier alpha value is -2.64. The fourth-order valence-corrected chi connectivity index (χ4v) is 4.60. The molecule has 1 aromatic carbocycles. The van der Waals surface area contributed by atoms with E-state index in [4.69, 9.17) is 25.9 Å². The minimum atomic E-state index is -0.403. The molecule has 3 rings (SSSR count). The van der Waals surface area contributed by atoms with E-state index in [-0.39, 0.29) is 31.1 Å². The van der Waals surface area contributed by atoms with Crippen LogP contribution in [0.4, 0.5) is 0 Å². The summed E-state index contributed by atoms with van der Waals surface area (Å²) in [7, 11) is 0. The van der Waals surface area contributed by atoms with Crippen molar-refractivity contribution >= 4 is 29.2 Å². The van der Waals surface area contributed by atoms with Crippen molar-refractivity contribution in [2.45, 2.75) is 65.6 Å². The van der Waals surface area contributed by atoms with Gasteiger partial charge in [-0.1, -0.05) is 41.1 Å². The number of esters is 1. The summed E-state index contributed by atoms with van der Waals surface area (Å²) in [5.74, 6) is -0.542. The smallest absolute Gasteiger partial charge is 0.338 e. The number of hydrogen-bond donors (Lipinski definition) is 0. The molecule has 2 aliphatic heterocycles. The number of aryl methyl sites for hydroxylation is 2. The molecule has 2 atom stereocenters. The Labute approximate surface area is 212 Å². The molecule has 0 spiro atoms. The molecule has 2 heterocycles. The number of carbonyl (C=O) groups is 2. The van der Waals surface area contributed by atoms with Gasteiger partial charge >= 0.3 is 5.97 Å². The first-order valence-corrected chi connectivity index (χ1v) is 12.5. The Balaban J connectivity index is 1.84. The number of carbonyl (C=O) groups excluding carboxylic acids is 2. The van der Waals surface area contributed by atoms with Crippen molar-refractivity contribution in [1.82, 2.24) is 4.90 Å². The molecule has 1 fully saturated rings. The summed E-state index contributed by atoms with van der Waals surface area (Å²) in [6.07, 6.45) is 10.6. The lowest BCUT2D eigenvalue weighted by Gasteiger charge is -2.35. The summed E-state index contributed by atoms with van der Waals surface area (Å²) in [5.41, 5.74) is 3.34.